The molecule has 2 aromatic heterocycles. The van der Waals surface area contributed by atoms with Crippen LogP contribution in [0.15, 0.2) is 24.7 Å². The zero-order chi connectivity index (χ0) is 12.3. The second-order valence-corrected chi connectivity index (χ2v) is 4.73. The maximum atomic E-state index is 4.38. The summed E-state index contributed by atoms with van der Waals surface area (Å²) in [5.41, 5.74) is 1.03. The number of hydrogen-bond acceptors (Lipinski definition) is 3. The lowest BCUT2D eigenvalue weighted by atomic mass is 10.0. The van der Waals surface area contributed by atoms with Gasteiger partial charge < -0.3 is 5.32 Å². The standard InChI is InChI=1S/C13H20N4/c1-4-10(2)9-11(3)16-13-12-5-6-15-17(12)8-7-14-13/h5-8,10-11H,4,9H2,1-3H3,(H,14,16). The lowest BCUT2D eigenvalue weighted by molar-refractivity contribution is 0.483. The molecular weight excluding hydrogens is 212 g/mol. The Morgan fingerprint density at radius 3 is 2.94 bits per heavy atom. The lowest BCUT2D eigenvalue weighted by Gasteiger charge is -2.18. The molecule has 0 saturated carbocycles. The molecule has 2 aromatic rings. The van der Waals surface area contributed by atoms with Crippen molar-refractivity contribution < 1.29 is 0 Å². The lowest BCUT2D eigenvalue weighted by Crippen LogP contribution is -2.19. The zero-order valence-corrected chi connectivity index (χ0v) is 10.7. The molecular formula is C13H20N4. The third kappa shape index (κ3) is 2.75. The first kappa shape index (κ1) is 11.9. The number of fused-ring (bicyclic) bond motifs is 1. The van der Waals surface area contributed by atoms with Gasteiger partial charge in [0.2, 0.25) is 0 Å². The van der Waals surface area contributed by atoms with E-state index >= 15 is 0 Å². The number of nitrogens with one attached hydrogen (secondary N) is 1. The van der Waals surface area contributed by atoms with Gasteiger partial charge in [0.15, 0.2) is 5.82 Å². The van der Waals surface area contributed by atoms with E-state index in [0.29, 0.717) is 6.04 Å². The van der Waals surface area contributed by atoms with Gasteiger partial charge >= 0.3 is 0 Å². The molecule has 2 atom stereocenters. The highest BCUT2D eigenvalue weighted by Crippen LogP contribution is 2.17. The largest absolute Gasteiger partial charge is 0.366 e. The summed E-state index contributed by atoms with van der Waals surface area (Å²) in [5.74, 6) is 1.66. The van der Waals surface area contributed by atoms with E-state index in [0.717, 1.165) is 23.7 Å². The van der Waals surface area contributed by atoms with Gasteiger partial charge in [-0.15, -0.1) is 0 Å². The summed E-state index contributed by atoms with van der Waals surface area (Å²) in [4.78, 5) is 4.38. The monoisotopic (exact) mass is 232 g/mol. The SMILES string of the molecule is CCC(C)CC(C)Nc1nccn2nccc12. The van der Waals surface area contributed by atoms with E-state index in [4.69, 9.17) is 0 Å². The highest BCUT2D eigenvalue weighted by molar-refractivity contribution is 5.66. The minimum atomic E-state index is 0.429. The summed E-state index contributed by atoms with van der Waals surface area (Å²) >= 11 is 0. The predicted molar refractivity (Wildman–Crippen MR) is 70.1 cm³/mol. The van der Waals surface area contributed by atoms with Crippen LogP contribution in [0.1, 0.15) is 33.6 Å². The highest BCUT2D eigenvalue weighted by Gasteiger charge is 2.09. The molecule has 4 nitrogen and oxygen atoms in total. The van der Waals surface area contributed by atoms with Crippen molar-refractivity contribution in [2.75, 3.05) is 5.32 Å². The molecule has 0 saturated heterocycles. The second-order valence-electron chi connectivity index (χ2n) is 4.73. The summed E-state index contributed by atoms with van der Waals surface area (Å²) in [7, 11) is 0. The Labute approximate surface area is 102 Å². The van der Waals surface area contributed by atoms with Crippen LogP contribution in [0.2, 0.25) is 0 Å². The van der Waals surface area contributed by atoms with E-state index in [1.165, 1.54) is 6.42 Å². The number of aromatic nitrogens is 3. The Hall–Kier alpha value is -1.58. The third-order valence-electron chi connectivity index (χ3n) is 3.16. The topological polar surface area (TPSA) is 42.2 Å². The summed E-state index contributed by atoms with van der Waals surface area (Å²) in [6.07, 6.45) is 7.81. The molecule has 2 rings (SSSR count). The number of hydrogen-bond donors (Lipinski definition) is 1. The number of anilines is 1. The maximum absolute atomic E-state index is 4.38. The Bertz CT molecular complexity index is 477. The third-order valence-corrected chi connectivity index (χ3v) is 3.16. The molecule has 0 spiro atoms. The Morgan fingerprint density at radius 1 is 1.35 bits per heavy atom. The molecule has 0 radical (unpaired) electrons. The molecule has 1 N–H and O–H groups in total. The van der Waals surface area contributed by atoms with E-state index in [1.807, 2.05) is 16.8 Å². The predicted octanol–water partition coefficient (Wildman–Crippen LogP) is 2.97. The smallest absolute Gasteiger partial charge is 0.152 e. The summed E-state index contributed by atoms with van der Waals surface area (Å²) in [6, 6.07) is 2.41. The van der Waals surface area contributed by atoms with Crippen LogP contribution in [0.5, 0.6) is 0 Å². The van der Waals surface area contributed by atoms with Gasteiger partial charge in [0.1, 0.15) is 5.52 Å². The van der Waals surface area contributed by atoms with Gasteiger partial charge in [0.25, 0.3) is 0 Å². The van der Waals surface area contributed by atoms with E-state index < -0.39 is 0 Å². The number of nitrogens with zero attached hydrogens (tertiary/aromatic N) is 3. The fourth-order valence-corrected chi connectivity index (χ4v) is 2.03. The first-order chi connectivity index (χ1) is 8.20. The normalized spacial score (nSPS) is 14.8. The maximum Gasteiger partial charge on any atom is 0.152 e. The van der Waals surface area contributed by atoms with Gasteiger partial charge in [-0.1, -0.05) is 20.3 Å². The van der Waals surface area contributed by atoms with Crippen LogP contribution in [0, 0.1) is 5.92 Å². The fourth-order valence-electron chi connectivity index (χ4n) is 2.03. The highest BCUT2D eigenvalue weighted by atomic mass is 15.2. The van der Waals surface area contributed by atoms with Gasteiger partial charge in [0.05, 0.1) is 6.20 Å². The molecule has 0 aromatic carbocycles. The molecule has 17 heavy (non-hydrogen) atoms. The molecule has 2 heterocycles. The van der Waals surface area contributed by atoms with Gasteiger partial charge in [-0.25, -0.2) is 9.50 Å². The quantitative estimate of drug-likeness (QED) is 0.861. The molecule has 4 heteroatoms. The first-order valence-electron chi connectivity index (χ1n) is 6.25. The second kappa shape index (κ2) is 5.17. The molecule has 92 valence electrons. The van der Waals surface area contributed by atoms with Crippen molar-refractivity contribution in [3.05, 3.63) is 24.7 Å². The van der Waals surface area contributed by atoms with Gasteiger partial charge in [-0.05, 0) is 25.3 Å². The number of rotatable bonds is 5. The van der Waals surface area contributed by atoms with E-state index in [9.17, 15) is 0 Å². The van der Waals surface area contributed by atoms with Crippen molar-refractivity contribution >= 4 is 11.3 Å². The van der Waals surface area contributed by atoms with Crippen LogP contribution in [-0.2, 0) is 0 Å². The Kier molecular flexibility index (Phi) is 3.61. The molecule has 0 fully saturated rings. The molecule has 0 amide bonds. The molecule has 0 aliphatic rings. The Balaban J connectivity index is 2.10. The van der Waals surface area contributed by atoms with Crippen LogP contribution in [0.4, 0.5) is 5.82 Å². The van der Waals surface area contributed by atoms with Crippen molar-refractivity contribution in [2.24, 2.45) is 5.92 Å². The average Bonchev–Trinajstić information content (AvgIpc) is 2.78. The fraction of sp³-hybridized carbons (Fsp3) is 0.538. The summed E-state index contributed by atoms with van der Waals surface area (Å²) in [6.45, 7) is 6.71. The van der Waals surface area contributed by atoms with Crippen LogP contribution in [-0.4, -0.2) is 20.6 Å². The summed E-state index contributed by atoms with van der Waals surface area (Å²) < 4.78 is 1.84. The van der Waals surface area contributed by atoms with Gasteiger partial charge in [-0.2, -0.15) is 5.10 Å². The van der Waals surface area contributed by atoms with E-state index in [2.05, 4.69) is 36.2 Å². The molecule has 0 aliphatic carbocycles. The van der Waals surface area contributed by atoms with Crippen molar-refractivity contribution in [3.63, 3.8) is 0 Å². The van der Waals surface area contributed by atoms with E-state index in [-0.39, 0.29) is 0 Å². The molecule has 0 bridgehead atoms. The molecule has 2 unspecified atom stereocenters. The van der Waals surface area contributed by atoms with Crippen LogP contribution >= 0.6 is 0 Å². The van der Waals surface area contributed by atoms with Crippen LogP contribution < -0.4 is 5.32 Å². The van der Waals surface area contributed by atoms with E-state index in [1.54, 1.807) is 12.4 Å². The first-order valence-corrected chi connectivity index (χ1v) is 6.25. The minimum Gasteiger partial charge on any atom is -0.366 e. The Morgan fingerprint density at radius 2 is 2.18 bits per heavy atom. The average molecular weight is 232 g/mol. The van der Waals surface area contributed by atoms with Gasteiger partial charge in [-0.3, -0.25) is 0 Å². The zero-order valence-electron chi connectivity index (χ0n) is 10.7. The van der Waals surface area contributed by atoms with Gasteiger partial charge in [0, 0.05) is 18.4 Å². The summed E-state index contributed by atoms with van der Waals surface area (Å²) in [5, 5.41) is 7.66. The van der Waals surface area contributed by atoms with Crippen LogP contribution in [0.25, 0.3) is 5.52 Å². The van der Waals surface area contributed by atoms with Crippen molar-refractivity contribution in [2.45, 2.75) is 39.7 Å². The van der Waals surface area contributed by atoms with Crippen molar-refractivity contribution in [3.8, 4) is 0 Å². The van der Waals surface area contributed by atoms with Crippen molar-refractivity contribution in [1.82, 2.24) is 14.6 Å². The molecule has 0 aliphatic heterocycles. The van der Waals surface area contributed by atoms with Crippen LogP contribution in [0.3, 0.4) is 0 Å². The van der Waals surface area contributed by atoms with Crippen molar-refractivity contribution in [1.29, 1.82) is 0 Å². The minimum absolute atomic E-state index is 0.429.